The van der Waals surface area contributed by atoms with Crippen LogP contribution in [0.1, 0.15) is 187 Å². The van der Waals surface area contributed by atoms with E-state index in [-0.39, 0.29) is 47.1 Å². The van der Waals surface area contributed by atoms with Crippen molar-refractivity contribution in [2.24, 2.45) is 11.8 Å². The van der Waals surface area contributed by atoms with Crippen LogP contribution in [0.15, 0.2) is 120 Å². The number of phenolic OH excluding ortho intramolecular Hbond substituents is 1. The number of nitrogens with zero attached hydrogens (tertiary/aromatic N) is 2. The van der Waals surface area contributed by atoms with Gasteiger partial charge in [0.05, 0.1) is 24.4 Å². The van der Waals surface area contributed by atoms with Crippen LogP contribution >= 0.6 is 0 Å². The molecule has 0 spiro atoms. The van der Waals surface area contributed by atoms with Crippen LogP contribution in [0.3, 0.4) is 0 Å². The van der Waals surface area contributed by atoms with Gasteiger partial charge < -0.3 is 29.5 Å². The van der Waals surface area contributed by atoms with E-state index in [4.69, 9.17) is 9.47 Å². The molecule has 2 unspecified atom stereocenters. The average molecular weight is 1010 g/mol. The van der Waals surface area contributed by atoms with Crippen molar-refractivity contribution in [2.75, 3.05) is 36.1 Å². The van der Waals surface area contributed by atoms with Gasteiger partial charge >= 0.3 is 11.9 Å². The number of aromatic hydroxyl groups is 1. The number of Topliss-reactive ketones (excluding diaryl/α,β-unsaturated/α-hetero) is 1. The Bertz CT molecular complexity index is 2330. The van der Waals surface area contributed by atoms with E-state index in [1.54, 1.807) is 28.0 Å². The zero-order chi connectivity index (χ0) is 52.9. The third kappa shape index (κ3) is 18.8. The quantitative estimate of drug-likeness (QED) is 0.0327. The smallest absolute Gasteiger partial charge is 0.325 e. The molecular weight excluding hydrogens is 925 g/mol. The van der Waals surface area contributed by atoms with Gasteiger partial charge in [0.1, 0.15) is 24.6 Å². The van der Waals surface area contributed by atoms with Crippen LogP contribution in [0.2, 0.25) is 0 Å². The predicted octanol–water partition coefficient (Wildman–Crippen LogP) is 16.0. The van der Waals surface area contributed by atoms with Crippen LogP contribution in [0, 0.1) is 11.8 Å². The van der Waals surface area contributed by atoms with Crippen molar-refractivity contribution in [3.05, 3.63) is 125 Å². The van der Waals surface area contributed by atoms with Gasteiger partial charge in [0.25, 0.3) is 0 Å². The normalized spacial score (nSPS) is 15.2. The fourth-order valence-electron chi connectivity index (χ4n) is 10.1. The van der Waals surface area contributed by atoms with Crippen molar-refractivity contribution >= 4 is 46.1 Å². The van der Waals surface area contributed by atoms with E-state index in [0.29, 0.717) is 47.8 Å². The number of benzene rings is 3. The Labute approximate surface area is 444 Å². The van der Waals surface area contributed by atoms with E-state index in [9.17, 15) is 29.4 Å². The fourth-order valence-corrected chi connectivity index (χ4v) is 10.1. The molecule has 2 aliphatic rings. The number of rotatable bonds is 37. The molecular formula is C64H88N2O8. The first-order chi connectivity index (χ1) is 36.1. The lowest BCUT2D eigenvalue weighted by atomic mass is 9.79. The van der Waals surface area contributed by atoms with Crippen molar-refractivity contribution in [1.29, 1.82) is 0 Å². The van der Waals surface area contributed by atoms with Gasteiger partial charge in [0.15, 0.2) is 5.78 Å². The summed E-state index contributed by atoms with van der Waals surface area (Å²) in [6.07, 6.45) is 32.6. The highest BCUT2D eigenvalue weighted by Crippen LogP contribution is 2.44. The van der Waals surface area contributed by atoms with Crippen molar-refractivity contribution < 1.29 is 38.9 Å². The highest BCUT2D eigenvalue weighted by molar-refractivity contribution is 6.41. The lowest BCUT2D eigenvalue weighted by molar-refractivity contribution is -0.144. The van der Waals surface area contributed by atoms with Crippen LogP contribution in [0.25, 0.3) is 5.57 Å². The molecule has 2 aliphatic carbocycles. The van der Waals surface area contributed by atoms with E-state index in [1.165, 1.54) is 121 Å². The number of ketones is 2. The molecule has 0 heterocycles. The number of para-hydroxylation sites is 2. The minimum atomic E-state index is -0.585. The van der Waals surface area contributed by atoms with Crippen molar-refractivity contribution in [3.63, 3.8) is 0 Å². The number of allylic oxidation sites excluding steroid dienone is 6. The molecule has 10 nitrogen and oxygen atoms in total. The Morgan fingerprint density at radius 3 is 1.38 bits per heavy atom. The summed E-state index contributed by atoms with van der Waals surface area (Å²) in [4.78, 5) is 58.5. The molecule has 0 amide bonds. The summed E-state index contributed by atoms with van der Waals surface area (Å²) >= 11 is 0. The van der Waals surface area contributed by atoms with Gasteiger partial charge in [0.2, 0.25) is 5.78 Å². The molecule has 3 aromatic carbocycles. The summed E-state index contributed by atoms with van der Waals surface area (Å²) in [5.41, 5.74) is 2.20. The molecule has 10 heteroatoms. The van der Waals surface area contributed by atoms with E-state index >= 15 is 0 Å². The van der Waals surface area contributed by atoms with Gasteiger partial charge in [-0.25, -0.2) is 0 Å². The molecule has 3 aromatic rings. The number of carbonyl (C=O) groups is 4. The largest absolute Gasteiger partial charge is 0.507 e. The van der Waals surface area contributed by atoms with Gasteiger partial charge in [-0.3, -0.25) is 19.2 Å². The maximum Gasteiger partial charge on any atom is 0.325 e. The lowest BCUT2D eigenvalue weighted by Crippen LogP contribution is -2.32. The van der Waals surface area contributed by atoms with Crippen molar-refractivity contribution in [2.45, 2.75) is 182 Å². The summed E-state index contributed by atoms with van der Waals surface area (Å²) in [6.45, 7) is 9.38. The monoisotopic (exact) mass is 1010 g/mol. The lowest BCUT2D eigenvalue weighted by Gasteiger charge is -2.29. The SMILES string of the molecule is CCCCCCCCC(CCCCCC)COC(=O)CN(C1=CC(=O)C(=C2C(=O)C(c3ccc(N(CC(=O)OCC(CCCCCC)CCCCCCCC)c4ccccc4)cc3O)=C2O)C=C1)c1ccccc1. The van der Waals surface area contributed by atoms with E-state index in [2.05, 4.69) is 27.7 Å². The molecule has 5 rings (SSSR count). The molecule has 0 radical (unpaired) electrons. The standard InChI is InChI=1S/C64H88N2O8/c1-5-9-13-17-19-25-33-49(31-23-15-11-7-3)47-73-59(69)45-65(51-35-27-21-28-36-51)53-39-41-55(57(67)43-53)61-63(71)62(64(61)72)56-42-40-54(44-58(56)68)66(52-37-29-22-30-38-52)46-60(70)74-48-50(32-24-16-12-8-4)34-26-20-18-14-10-6-2/h21-22,27-30,35-44,49-50,67,71H,5-20,23-26,31-34,45-48H2,1-4H3. The third-order valence-corrected chi connectivity index (χ3v) is 14.6. The minimum absolute atomic E-state index is 0.0104. The van der Waals surface area contributed by atoms with Crippen LogP contribution in [0.5, 0.6) is 5.75 Å². The first-order valence-electron chi connectivity index (χ1n) is 28.6. The zero-order valence-electron chi connectivity index (χ0n) is 45.4. The minimum Gasteiger partial charge on any atom is -0.507 e. The number of phenols is 1. The molecule has 0 aromatic heterocycles. The zero-order valence-corrected chi connectivity index (χ0v) is 45.4. The van der Waals surface area contributed by atoms with Crippen LogP contribution in [-0.4, -0.2) is 60.0 Å². The number of unbranched alkanes of at least 4 members (excludes halogenated alkanes) is 16. The molecule has 2 atom stereocenters. The fraction of sp³-hybridized carbons (Fsp3) is 0.531. The second kappa shape index (κ2) is 33.1. The Balaban J connectivity index is 1.27. The predicted molar refractivity (Wildman–Crippen MR) is 302 cm³/mol. The molecule has 0 saturated carbocycles. The van der Waals surface area contributed by atoms with Gasteiger partial charge in [-0.05, 0) is 86.1 Å². The summed E-state index contributed by atoms with van der Waals surface area (Å²) in [6, 6.07) is 23.4. The highest BCUT2D eigenvalue weighted by atomic mass is 16.5. The molecule has 74 heavy (non-hydrogen) atoms. The van der Waals surface area contributed by atoms with E-state index in [0.717, 1.165) is 51.4 Å². The van der Waals surface area contributed by atoms with Gasteiger partial charge in [-0.15, -0.1) is 0 Å². The Morgan fingerprint density at radius 1 is 0.500 bits per heavy atom. The summed E-state index contributed by atoms with van der Waals surface area (Å²) in [7, 11) is 0. The second-order valence-electron chi connectivity index (χ2n) is 20.6. The Hall–Kier alpha value is -5.90. The van der Waals surface area contributed by atoms with E-state index in [1.807, 2.05) is 60.7 Å². The van der Waals surface area contributed by atoms with Crippen LogP contribution in [0.4, 0.5) is 17.1 Å². The number of hydrogen-bond acceptors (Lipinski definition) is 10. The molecule has 0 aliphatic heterocycles. The highest BCUT2D eigenvalue weighted by Gasteiger charge is 2.40. The van der Waals surface area contributed by atoms with Crippen molar-refractivity contribution in [3.8, 4) is 5.75 Å². The summed E-state index contributed by atoms with van der Waals surface area (Å²) in [5, 5.41) is 22.9. The van der Waals surface area contributed by atoms with E-state index < -0.39 is 23.3 Å². The van der Waals surface area contributed by atoms with Gasteiger partial charge in [0, 0.05) is 46.0 Å². The maximum absolute atomic E-state index is 13.9. The summed E-state index contributed by atoms with van der Waals surface area (Å²) in [5.74, 6) is -1.93. The number of ether oxygens (including phenoxy) is 2. The van der Waals surface area contributed by atoms with Gasteiger partial charge in [-0.1, -0.05) is 193 Å². The number of aliphatic hydroxyl groups is 1. The number of esters is 2. The topological polar surface area (TPSA) is 134 Å². The Kier molecular flexibility index (Phi) is 26.4. The number of anilines is 3. The molecule has 402 valence electrons. The van der Waals surface area contributed by atoms with Crippen molar-refractivity contribution in [1.82, 2.24) is 0 Å². The number of hydrogen-bond donors (Lipinski definition) is 2. The second-order valence-corrected chi connectivity index (χ2v) is 20.6. The first kappa shape index (κ1) is 59.0. The average Bonchev–Trinajstić information content (AvgIpc) is 3.41. The number of carbonyl (C=O) groups excluding carboxylic acids is 4. The molecule has 2 N–H and O–H groups in total. The first-order valence-corrected chi connectivity index (χ1v) is 28.6. The van der Waals surface area contributed by atoms with Crippen LogP contribution in [-0.2, 0) is 28.7 Å². The maximum atomic E-state index is 13.9. The molecule has 0 bridgehead atoms. The molecule has 0 saturated heterocycles. The van der Waals surface area contributed by atoms with Gasteiger partial charge in [-0.2, -0.15) is 0 Å². The Morgan fingerprint density at radius 2 is 0.932 bits per heavy atom. The summed E-state index contributed by atoms with van der Waals surface area (Å²) < 4.78 is 11.9. The van der Waals surface area contributed by atoms with Crippen LogP contribution < -0.4 is 9.80 Å². The third-order valence-electron chi connectivity index (χ3n) is 14.6. The molecule has 0 fully saturated rings. The number of aliphatic hydroxyl groups excluding tert-OH is 1.